The lowest BCUT2D eigenvalue weighted by atomic mass is 10.2. The van der Waals surface area contributed by atoms with E-state index in [2.05, 4.69) is 9.97 Å². The Morgan fingerprint density at radius 1 is 1.24 bits per heavy atom. The van der Waals surface area contributed by atoms with E-state index >= 15 is 0 Å². The molecule has 3 aromatic rings. The second-order valence-electron chi connectivity index (χ2n) is 4.74. The zero-order chi connectivity index (χ0) is 15.0. The molecule has 0 radical (unpaired) electrons. The molecule has 4 nitrogen and oxygen atoms in total. The molecule has 1 aromatic carbocycles. The summed E-state index contributed by atoms with van der Waals surface area (Å²) < 4.78 is 25.4. The van der Waals surface area contributed by atoms with Gasteiger partial charge >= 0.3 is 0 Å². The Bertz CT molecular complexity index is 914. The van der Waals surface area contributed by atoms with Crippen LogP contribution in [-0.4, -0.2) is 24.1 Å². The molecular formula is C15H14N2O2S2. The standard InChI is InChI=1S/C15H14N2O2S2/c1-3-21(18,19)13-5-4-8-16-14(13)15-17-11-9-10(2)6-7-12(11)20-15/h4-9H,3H2,1-2H3. The molecule has 108 valence electrons. The van der Waals surface area contributed by atoms with E-state index in [1.165, 1.54) is 11.3 Å². The van der Waals surface area contributed by atoms with E-state index < -0.39 is 9.84 Å². The summed E-state index contributed by atoms with van der Waals surface area (Å²) in [6, 6.07) is 9.25. The topological polar surface area (TPSA) is 59.9 Å². The molecule has 21 heavy (non-hydrogen) atoms. The predicted molar refractivity (Wildman–Crippen MR) is 85.3 cm³/mol. The van der Waals surface area contributed by atoms with Crippen LogP contribution in [-0.2, 0) is 9.84 Å². The van der Waals surface area contributed by atoms with E-state index in [9.17, 15) is 8.42 Å². The van der Waals surface area contributed by atoms with Crippen LogP contribution >= 0.6 is 11.3 Å². The number of nitrogens with zero attached hydrogens (tertiary/aromatic N) is 2. The first-order valence-electron chi connectivity index (χ1n) is 6.56. The Hall–Kier alpha value is -1.79. The fraction of sp³-hybridized carbons (Fsp3) is 0.200. The molecule has 2 aromatic heterocycles. The Morgan fingerprint density at radius 3 is 2.81 bits per heavy atom. The summed E-state index contributed by atoms with van der Waals surface area (Å²) in [5, 5.41) is 0.642. The zero-order valence-corrected chi connectivity index (χ0v) is 13.3. The Morgan fingerprint density at radius 2 is 2.05 bits per heavy atom. The first-order valence-corrected chi connectivity index (χ1v) is 9.03. The van der Waals surface area contributed by atoms with Crippen LogP contribution in [0.1, 0.15) is 12.5 Å². The van der Waals surface area contributed by atoms with E-state index in [4.69, 9.17) is 0 Å². The minimum atomic E-state index is -3.32. The van der Waals surface area contributed by atoms with Crippen LogP contribution in [0.4, 0.5) is 0 Å². The van der Waals surface area contributed by atoms with Crippen LogP contribution in [0.3, 0.4) is 0 Å². The van der Waals surface area contributed by atoms with Crippen molar-refractivity contribution in [1.82, 2.24) is 9.97 Å². The molecule has 0 bridgehead atoms. The molecule has 0 aliphatic rings. The second-order valence-corrected chi connectivity index (χ2v) is 8.02. The summed E-state index contributed by atoms with van der Waals surface area (Å²) in [7, 11) is -3.32. The highest BCUT2D eigenvalue weighted by Crippen LogP contribution is 2.33. The van der Waals surface area contributed by atoms with Gasteiger partial charge in [-0.25, -0.2) is 13.4 Å². The highest BCUT2D eigenvalue weighted by atomic mass is 32.2. The van der Waals surface area contributed by atoms with Gasteiger partial charge in [-0.15, -0.1) is 11.3 Å². The molecule has 0 saturated carbocycles. The number of thiazole rings is 1. The molecule has 0 amide bonds. The van der Waals surface area contributed by atoms with Crippen molar-refractivity contribution in [1.29, 1.82) is 0 Å². The number of aromatic nitrogens is 2. The fourth-order valence-corrected chi connectivity index (χ4v) is 4.16. The summed E-state index contributed by atoms with van der Waals surface area (Å²) in [6.07, 6.45) is 1.60. The number of aryl methyl sites for hydroxylation is 1. The van der Waals surface area contributed by atoms with Crippen molar-refractivity contribution in [2.45, 2.75) is 18.7 Å². The van der Waals surface area contributed by atoms with E-state index in [-0.39, 0.29) is 10.6 Å². The maximum atomic E-state index is 12.2. The molecule has 0 aliphatic heterocycles. The number of fused-ring (bicyclic) bond motifs is 1. The van der Waals surface area contributed by atoms with Gasteiger partial charge in [0.2, 0.25) is 0 Å². The largest absolute Gasteiger partial charge is 0.252 e. The second kappa shape index (κ2) is 5.20. The maximum Gasteiger partial charge on any atom is 0.180 e. The van der Waals surface area contributed by atoms with Crippen molar-refractivity contribution in [3.63, 3.8) is 0 Å². The van der Waals surface area contributed by atoms with E-state index in [0.29, 0.717) is 10.7 Å². The molecule has 0 saturated heterocycles. The first kappa shape index (κ1) is 14.2. The highest BCUT2D eigenvalue weighted by molar-refractivity contribution is 7.91. The number of benzene rings is 1. The van der Waals surface area contributed by atoms with Gasteiger partial charge in [-0.2, -0.15) is 0 Å². The van der Waals surface area contributed by atoms with Crippen molar-refractivity contribution >= 4 is 31.4 Å². The smallest absolute Gasteiger partial charge is 0.180 e. The minimum absolute atomic E-state index is 0.0513. The first-order chi connectivity index (χ1) is 10.0. The SMILES string of the molecule is CCS(=O)(=O)c1cccnc1-c1nc2cc(C)ccc2s1. The Kier molecular flexibility index (Phi) is 3.51. The van der Waals surface area contributed by atoms with Gasteiger partial charge in [-0.05, 0) is 36.8 Å². The van der Waals surface area contributed by atoms with E-state index in [1.54, 1.807) is 25.3 Å². The fourth-order valence-electron chi connectivity index (χ4n) is 2.10. The number of rotatable bonds is 3. The lowest BCUT2D eigenvalue weighted by molar-refractivity contribution is 0.597. The molecule has 6 heteroatoms. The third-order valence-corrected chi connectivity index (χ3v) is 6.03. The molecule has 0 unspecified atom stereocenters. The third-order valence-electron chi connectivity index (χ3n) is 3.23. The van der Waals surface area contributed by atoms with Gasteiger partial charge < -0.3 is 0 Å². The molecule has 3 rings (SSSR count). The number of pyridine rings is 1. The Balaban J connectivity index is 2.24. The van der Waals surface area contributed by atoms with Crippen LogP contribution in [0.15, 0.2) is 41.4 Å². The summed E-state index contributed by atoms with van der Waals surface area (Å²) in [5.74, 6) is 0.0513. The monoisotopic (exact) mass is 318 g/mol. The molecule has 0 fully saturated rings. The lowest BCUT2D eigenvalue weighted by Crippen LogP contribution is -2.06. The van der Waals surface area contributed by atoms with Gasteiger partial charge in [0.15, 0.2) is 9.84 Å². The highest BCUT2D eigenvalue weighted by Gasteiger charge is 2.20. The van der Waals surface area contributed by atoms with Crippen LogP contribution in [0.2, 0.25) is 0 Å². The molecule has 0 atom stereocenters. The average Bonchev–Trinajstić information content (AvgIpc) is 2.90. The van der Waals surface area contributed by atoms with Gasteiger partial charge in [-0.1, -0.05) is 13.0 Å². The average molecular weight is 318 g/mol. The van der Waals surface area contributed by atoms with Crippen molar-refractivity contribution in [2.24, 2.45) is 0 Å². The predicted octanol–water partition coefficient (Wildman–Crippen LogP) is 3.46. The number of hydrogen-bond donors (Lipinski definition) is 0. The van der Waals surface area contributed by atoms with Gasteiger partial charge in [0.05, 0.1) is 20.9 Å². The van der Waals surface area contributed by atoms with Crippen LogP contribution in [0, 0.1) is 6.92 Å². The number of sulfone groups is 1. The van der Waals surface area contributed by atoms with Crippen LogP contribution in [0.25, 0.3) is 20.9 Å². The van der Waals surface area contributed by atoms with Crippen LogP contribution < -0.4 is 0 Å². The van der Waals surface area contributed by atoms with Gasteiger partial charge in [0, 0.05) is 6.20 Å². The maximum absolute atomic E-state index is 12.2. The summed E-state index contributed by atoms with van der Waals surface area (Å²) in [5.41, 5.74) is 2.44. The van der Waals surface area contributed by atoms with Crippen molar-refractivity contribution in [3.8, 4) is 10.7 Å². The van der Waals surface area contributed by atoms with E-state index in [1.807, 2.05) is 25.1 Å². The third kappa shape index (κ3) is 2.56. The van der Waals surface area contributed by atoms with Gasteiger partial charge in [0.1, 0.15) is 10.7 Å². The normalized spacial score (nSPS) is 11.9. The van der Waals surface area contributed by atoms with Gasteiger partial charge in [0.25, 0.3) is 0 Å². The molecular weight excluding hydrogens is 304 g/mol. The summed E-state index contributed by atoms with van der Waals surface area (Å²) in [6.45, 7) is 3.64. The van der Waals surface area contributed by atoms with Crippen molar-refractivity contribution < 1.29 is 8.42 Å². The van der Waals surface area contributed by atoms with Crippen molar-refractivity contribution in [2.75, 3.05) is 5.75 Å². The van der Waals surface area contributed by atoms with Crippen LogP contribution in [0.5, 0.6) is 0 Å². The zero-order valence-electron chi connectivity index (χ0n) is 11.7. The minimum Gasteiger partial charge on any atom is -0.252 e. The molecule has 0 aliphatic carbocycles. The molecule has 0 N–H and O–H groups in total. The lowest BCUT2D eigenvalue weighted by Gasteiger charge is -2.05. The Labute approximate surface area is 127 Å². The van der Waals surface area contributed by atoms with E-state index in [0.717, 1.165) is 15.8 Å². The van der Waals surface area contributed by atoms with Crippen molar-refractivity contribution in [3.05, 3.63) is 42.1 Å². The van der Waals surface area contributed by atoms with Gasteiger partial charge in [-0.3, -0.25) is 4.98 Å². The summed E-state index contributed by atoms with van der Waals surface area (Å²) >= 11 is 1.46. The summed E-state index contributed by atoms with van der Waals surface area (Å²) in [4.78, 5) is 9.05. The molecule has 2 heterocycles. The molecule has 0 spiro atoms. The number of hydrogen-bond acceptors (Lipinski definition) is 5. The quantitative estimate of drug-likeness (QED) is 0.742.